The number of methoxy groups -OCH3 is 1. The minimum absolute atomic E-state index is 0.513. The number of aromatic nitrogens is 2. The molecule has 94 valence electrons. The lowest BCUT2D eigenvalue weighted by atomic mass is 10.3. The van der Waals surface area contributed by atoms with Crippen molar-refractivity contribution in [3.8, 4) is 17.4 Å². The molecule has 18 heavy (non-hydrogen) atoms. The first kappa shape index (κ1) is 12.2. The van der Waals surface area contributed by atoms with Crippen LogP contribution >= 0.6 is 0 Å². The highest BCUT2D eigenvalue weighted by Crippen LogP contribution is 2.32. The van der Waals surface area contributed by atoms with Gasteiger partial charge >= 0.3 is 0 Å². The number of hydrogen-bond donors (Lipinski definition) is 1. The van der Waals surface area contributed by atoms with E-state index in [9.17, 15) is 0 Å². The molecule has 1 heterocycles. The Bertz CT molecular complexity index is 544. The van der Waals surface area contributed by atoms with Crippen molar-refractivity contribution in [1.29, 1.82) is 0 Å². The Labute approximate surface area is 106 Å². The summed E-state index contributed by atoms with van der Waals surface area (Å²) in [7, 11) is 3.41. The van der Waals surface area contributed by atoms with Gasteiger partial charge in [0.15, 0.2) is 11.5 Å². The summed E-state index contributed by atoms with van der Waals surface area (Å²) in [6.45, 7) is 1.90. The zero-order valence-electron chi connectivity index (χ0n) is 10.6. The maximum atomic E-state index is 5.76. The number of hydrogen-bond acceptors (Lipinski definition) is 5. The fraction of sp³-hybridized carbons (Fsp3) is 0.231. The molecular formula is C13H15N3O2. The lowest BCUT2D eigenvalue weighted by Gasteiger charge is -2.12. The molecule has 0 saturated heterocycles. The van der Waals surface area contributed by atoms with E-state index in [4.69, 9.17) is 9.47 Å². The van der Waals surface area contributed by atoms with E-state index in [2.05, 4.69) is 15.3 Å². The average molecular weight is 245 g/mol. The number of nitrogens with zero attached hydrogens (tertiary/aromatic N) is 2. The summed E-state index contributed by atoms with van der Waals surface area (Å²) in [4.78, 5) is 8.24. The van der Waals surface area contributed by atoms with Crippen molar-refractivity contribution in [1.82, 2.24) is 9.97 Å². The van der Waals surface area contributed by atoms with Crippen LogP contribution in [-0.2, 0) is 0 Å². The van der Waals surface area contributed by atoms with E-state index in [1.807, 2.05) is 38.2 Å². The van der Waals surface area contributed by atoms with Crippen molar-refractivity contribution in [3.63, 3.8) is 0 Å². The highest BCUT2D eigenvalue weighted by atomic mass is 16.5. The van der Waals surface area contributed by atoms with Gasteiger partial charge in [0.2, 0.25) is 5.88 Å². The van der Waals surface area contributed by atoms with Crippen LogP contribution in [0.3, 0.4) is 0 Å². The maximum Gasteiger partial charge on any atom is 0.227 e. The molecule has 2 rings (SSSR count). The van der Waals surface area contributed by atoms with Crippen molar-refractivity contribution in [2.45, 2.75) is 6.92 Å². The molecule has 1 aromatic heterocycles. The zero-order valence-corrected chi connectivity index (χ0v) is 10.6. The van der Waals surface area contributed by atoms with E-state index in [1.165, 1.54) is 6.33 Å². The van der Waals surface area contributed by atoms with Crippen molar-refractivity contribution >= 4 is 5.82 Å². The monoisotopic (exact) mass is 245 g/mol. The lowest BCUT2D eigenvalue weighted by molar-refractivity contribution is 0.373. The molecule has 0 spiro atoms. The standard InChI is InChI=1S/C13H15N3O2/c1-9-12(14-2)15-8-16-13(9)18-11-7-5-4-6-10(11)17-3/h4-8H,1-3H3,(H,14,15,16). The van der Waals surface area contributed by atoms with Gasteiger partial charge in [0.05, 0.1) is 12.7 Å². The second kappa shape index (κ2) is 5.35. The average Bonchev–Trinajstić information content (AvgIpc) is 2.42. The number of rotatable bonds is 4. The summed E-state index contributed by atoms with van der Waals surface area (Å²) in [6.07, 6.45) is 1.46. The molecule has 1 aromatic carbocycles. The molecule has 0 amide bonds. The van der Waals surface area contributed by atoms with Crippen molar-refractivity contribution in [2.75, 3.05) is 19.5 Å². The highest BCUT2D eigenvalue weighted by molar-refractivity contribution is 5.49. The molecule has 0 aliphatic rings. The molecule has 0 radical (unpaired) electrons. The summed E-state index contributed by atoms with van der Waals surface area (Å²) >= 11 is 0. The molecule has 2 aromatic rings. The van der Waals surface area contributed by atoms with Gasteiger partial charge in [0, 0.05) is 7.05 Å². The molecule has 0 fully saturated rings. The molecule has 0 bridgehead atoms. The summed E-state index contributed by atoms with van der Waals surface area (Å²) in [6, 6.07) is 7.44. The second-order valence-corrected chi connectivity index (χ2v) is 3.66. The summed E-state index contributed by atoms with van der Waals surface area (Å²) in [5.74, 6) is 2.55. The minimum atomic E-state index is 0.513. The Morgan fingerprint density at radius 1 is 1.11 bits per heavy atom. The SMILES string of the molecule is CNc1ncnc(Oc2ccccc2OC)c1C. The lowest BCUT2D eigenvalue weighted by Crippen LogP contribution is -2.00. The number of anilines is 1. The number of nitrogens with one attached hydrogen (secondary N) is 1. The van der Waals surface area contributed by atoms with Gasteiger partial charge in [-0.1, -0.05) is 12.1 Å². The zero-order chi connectivity index (χ0) is 13.0. The van der Waals surface area contributed by atoms with Crippen LogP contribution in [0.2, 0.25) is 0 Å². The first-order valence-electron chi connectivity index (χ1n) is 5.56. The normalized spacial score (nSPS) is 9.94. The predicted octanol–water partition coefficient (Wildman–Crippen LogP) is 2.63. The van der Waals surface area contributed by atoms with Gasteiger partial charge in [-0.05, 0) is 19.1 Å². The first-order valence-corrected chi connectivity index (χ1v) is 5.56. The Kier molecular flexibility index (Phi) is 3.62. The second-order valence-electron chi connectivity index (χ2n) is 3.66. The third-order valence-corrected chi connectivity index (χ3v) is 2.55. The van der Waals surface area contributed by atoms with Crippen LogP contribution < -0.4 is 14.8 Å². The fourth-order valence-corrected chi connectivity index (χ4v) is 1.60. The van der Waals surface area contributed by atoms with Crippen molar-refractivity contribution in [2.24, 2.45) is 0 Å². The molecule has 0 aliphatic heterocycles. The minimum Gasteiger partial charge on any atom is -0.493 e. The number of ether oxygens (including phenoxy) is 2. The number of benzene rings is 1. The van der Waals surface area contributed by atoms with Crippen LogP contribution in [0.1, 0.15) is 5.56 Å². The largest absolute Gasteiger partial charge is 0.493 e. The van der Waals surface area contributed by atoms with Crippen LogP contribution in [0, 0.1) is 6.92 Å². The van der Waals surface area contributed by atoms with Crippen LogP contribution in [-0.4, -0.2) is 24.1 Å². The molecule has 1 N–H and O–H groups in total. The first-order chi connectivity index (χ1) is 8.76. The quantitative estimate of drug-likeness (QED) is 0.897. The molecule has 0 atom stereocenters. The van der Waals surface area contributed by atoms with Gasteiger partial charge < -0.3 is 14.8 Å². The molecule has 0 unspecified atom stereocenters. The fourth-order valence-electron chi connectivity index (χ4n) is 1.60. The Hall–Kier alpha value is -2.30. The van der Waals surface area contributed by atoms with E-state index in [0.29, 0.717) is 17.4 Å². The smallest absolute Gasteiger partial charge is 0.227 e. The molecule has 0 saturated carbocycles. The van der Waals surface area contributed by atoms with E-state index in [1.54, 1.807) is 7.11 Å². The van der Waals surface area contributed by atoms with Crippen LogP contribution in [0.15, 0.2) is 30.6 Å². The third kappa shape index (κ3) is 2.34. The van der Waals surface area contributed by atoms with E-state index in [0.717, 1.165) is 11.4 Å². The van der Waals surface area contributed by atoms with Gasteiger partial charge in [0.25, 0.3) is 0 Å². The Balaban J connectivity index is 2.34. The summed E-state index contributed by atoms with van der Waals surface area (Å²) < 4.78 is 11.0. The highest BCUT2D eigenvalue weighted by Gasteiger charge is 2.10. The summed E-state index contributed by atoms with van der Waals surface area (Å²) in [5, 5.41) is 2.99. The van der Waals surface area contributed by atoms with Gasteiger partial charge in [-0.25, -0.2) is 9.97 Å². The number of para-hydroxylation sites is 2. The van der Waals surface area contributed by atoms with Gasteiger partial charge in [-0.3, -0.25) is 0 Å². The van der Waals surface area contributed by atoms with Crippen molar-refractivity contribution in [3.05, 3.63) is 36.2 Å². The molecule has 5 heteroatoms. The van der Waals surface area contributed by atoms with E-state index >= 15 is 0 Å². The third-order valence-electron chi connectivity index (χ3n) is 2.55. The molecule has 5 nitrogen and oxygen atoms in total. The van der Waals surface area contributed by atoms with Gasteiger partial charge in [-0.2, -0.15) is 0 Å². The molecular weight excluding hydrogens is 230 g/mol. The van der Waals surface area contributed by atoms with Gasteiger partial charge in [0.1, 0.15) is 12.1 Å². The Morgan fingerprint density at radius 2 is 1.83 bits per heavy atom. The topological polar surface area (TPSA) is 56.3 Å². The van der Waals surface area contributed by atoms with Gasteiger partial charge in [-0.15, -0.1) is 0 Å². The van der Waals surface area contributed by atoms with E-state index < -0.39 is 0 Å². The maximum absolute atomic E-state index is 5.76. The van der Waals surface area contributed by atoms with Crippen molar-refractivity contribution < 1.29 is 9.47 Å². The Morgan fingerprint density at radius 3 is 2.50 bits per heavy atom. The predicted molar refractivity (Wildman–Crippen MR) is 69.4 cm³/mol. The molecule has 0 aliphatic carbocycles. The van der Waals surface area contributed by atoms with Crippen LogP contribution in [0.4, 0.5) is 5.82 Å². The van der Waals surface area contributed by atoms with Crippen LogP contribution in [0.25, 0.3) is 0 Å². The van der Waals surface area contributed by atoms with Crippen LogP contribution in [0.5, 0.6) is 17.4 Å². The summed E-state index contributed by atoms with van der Waals surface area (Å²) in [5.41, 5.74) is 0.853. The van der Waals surface area contributed by atoms with E-state index in [-0.39, 0.29) is 0 Å².